The summed E-state index contributed by atoms with van der Waals surface area (Å²) in [5.41, 5.74) is 2.72. The first-order valence-electron chi connectivity index (χ1n) is 11.6. The molecule has 2 aromatic carbocycles. The van der Waals surface area contributed by atoms with E-state index >= 15 is 0 Å². The Morgan fingerprint density at radius 2 is 1.65 bits per heavy atom. The van der Waals surface area contributed by atoms with Gasteiger partial charge in [0.1, 0.15) is 6.61 Å². The Hall–Kier alpha value is -3.39. The zero-order valence-electron chi connectivity index (χ0n) is 19.1. The van der Waals surface area contributed by atoms with E-state index in [0.717, 1.165) is 35.1 Å². The number of carboxylic acids is 1. The largest absolute Gasteiger partial charge is 0.479 e. The van der Waals surface area contributed by atoms with Crippen LogP contribution in [0.2, 0.25) is 0 Å². The van der Waals surface area contributed by atoms with Crippen molar-refractivity contribution in [2.24, 2.45) is 11.8 Å². The third-order valence-electron chi connectivity index (χ3n) is 6.71. The van der Waals surface area contributed by atoms with Crippen molar-refractivity contribution in [3.8, 4) is 11.1 Å². The van der Waals surface area contributed by atoms with Crippen molar-refractivity contribution < 1.29 is 29.3 Å². The SMILES string of the molecule is CC(CO)(NC(=O)C(CNC(=O)OCC1c2ccccc2-c2ccccc21)CC1CC1)C(=O)O. The molecule has 0 heterocycles. The van der Waals surface area contributed by atoms with E-state index in [4.69, 9.17) is 4.74 Å². The quantitative estimate of drug-likeness (QED) is 0.427. The molecule has 1 fully saturated rings. The number of fused-ring (bicyclic) bond motifs is 3. The number of carboxylic acid groups (broad SMARTS) is 1. The van der Waals surface area contributed by atoms with Crippen molar-refractivity contribution in [3.63, 3.8) is 0 Å². The van der Waals surface area contributed by atoms with Gasteiger partial charge in [0.25, 0.3) is 0 Å². The molecule has 8 heteroatoms. The average molecular weight is 467 g/mol. The molecule has 0 aliphatic heterocycles. The van der Waals surface area contributed by atoms with Crippen LogP contribution in [0, 0.1) is 11.8 Å². The number of carbonyl (C=O) groups excluding carboxylic acids is 2. The maximum atomic E-state index is 12.8. The Labute approximate surface area is 198 Å². The van der Waals surface area contributed by atoms with Crippen LogP contribution >= 0.6 is 0 Å². The van der Waals surface area contributed by atoms with Gasteiger partial charge in [-0.2, -0.15) is 0 Å². The third-order valence-corrected chi connectivity index (χ3v) is 6.71. The van der Waals surface area contributed by atoms with E-state index in [9.17, 15) is 24.6 Å². The van der Waals surface area contributed by atoms with Crippen molar-refractivity contribution in [2.75, 3.05) is 19.8 Å². The fourth-order valence-electron chi connectivity index (χ4n) is 4.43. The summed E-state index contributed by atoms with van der Waals surface area (Å²) in [5.74, 6) is -2.13. The van der Waals surface area contributed by atoms with Crippen LogP contribution in [0.4, 0.5) is 4.79 Å². The summed E-state index contributed by atoms with van der Waals surface area (Å²) in [5, 5.41) is 23.8. The maximum Gasteiger partial charge on any atom is 0.407 e. The van der Waals surface area contributed by atoms with Crippen LogP contribution in [-0.4, -0.2) is 53.5 Å². The Morgan fingerprint density at radius 1 is 1.06 bits per heavy atom. The van der Waals surface area contributed by atoms with Crippen molar-refractivity contribution in [1.29, 1.82) is 0 Å². The highest BCUT2D eigenvalue weighted by Gasteiger charge is 2.38. The topological polar surface area (TPSA) is 125 Å². The molecule has 34 heavy (non-hydrogen) atoms. The van der Waals surface area contributed by atoms with Gasteiger partial charge in [0.15, 0.2) is 5.54 Å². The molecule has 2 aliphatic carbocycles. The van der Waals surface area contributed by atoms with E-state index in [0.29, 0.717) is 12.3 Å². The first-order valence-corrected chi connectivity index (χ1v) is 11.6. The summed E-state index contributed by atoms with van der Waals surface area (Å²) in [6, 6.07) is 16.1. The lowest BCUT2D eigenvalue weighted by Crippen LogP contribution is -2.57. The molecule has 0 saturated heterocycles. The Bertz CT molecular complexity index is 1040. The summed E-state index contributed by atoms with van der Waals surface area (Å²) in [6.45, 7) is 0.714. The molecule has 0 spiro atoms. The van der Waals surface area contributed by atoms with Crippen LogP contribution in [0.15, 0.2) is 48.5 Å². The third kappa shape index (κ3) is 5.07. The van der Waals surface area contributed by atoms with E-state index in [1.165, 1.54) is 6.92 Å². The van der Waals surface area contributed by atoms with Crippen molar-refractivity contribution >= 4 is 18.0 Å². The number of benzene rings is 2. The number of aliphatic hydroxyl groups excluding tert-OH is 1. The molecule has 4 N–H and O–H groups in total. The number of aliphatic carboxylic acids is 1. The summed E-state index contributed by atoms with van der Waals surface area (Å²) in [6.07, 6.45) is 1.92. The van der Waals surface area contributed by atoms with Gasteiger partial charge in [0.05, 0.1) is 12.5 Å². The molecular weight excluding hydrogens is 436 g/mol. The van der Waals surface area contributed by atoms with Crippen LogP contribution in [0.25, 0.3) is 11.1 Å². The first-order chi connectivity index (χ1) is 16.3. The number of alkyl carbamates (subject to hydrolysis) is 1. The lowest BCUT2D eigenvalue weighted by Gasteiger charge is -2.27. The number of hydrogen-bond acceptors (Lipinski definition) is 5. The number of nitrogens with one attached hydrogen (secondary N) is 2. The number of ether oxygens (including phenoxy) is 1. The highest BCUT2D eigenvalue weighted by molar-refractivity contribution is 5.88. The highest BCUT2D eigenvalue weighted by Crippen LogP contribution is 2.44. The van der Waals surface area contributed by atoms with Gasteiger partial charge in [-0.3, -0.25) is 4.79 Å². The van der Waals surface area contributed by atoms with Crippen LogP contribution in [0.5, 0.6) is 0 Å². The molecule has 180 valence electrons. The number of carbonyl (C=O) groups is 3. The monoisotopic (exact) mass is 466 g/mol. The van der Waals surface area contributed by atoms with Gasteiger partial charge in [-0.1, -0.05) is 61.4 Å². The van der Waals surface area contributed by atoms with Crippen molar-refractivity contribution in [1.82, 2.24) is 10.6 Å². The molecule has 0 bridgehead atoms. The number of hydrogen-bond donors (Lipinski definition) is 4. The van der Waals surface area contributed by atoms with Crippen molar-refractivity contribution in [2.45, 2.75) is 37.6 Å². The normalized spacial score (nSPS) is 17.1. The van der Waals surface area contributed by atoms with Crippen LogP contribution in [-0.2, 0) is 14.3 Å². The molecule has 2 aliphatic rings. The summed E-state index contributed by atoms with van der Waals surface area (Å²) >= 11 is 0. The van der Waals surface area contributed by atoms with E-state index in [2.05, 4.69) is 22.8 Å². The predicted molar refractivity (Wildman–Crippen MR) is 125 cm³/mol. The van der Waals surface area contributed by atoms with Gasteiger partial charge in [0.2, 0.25) is 5.91 Å². The van der Waals surface area contributed by atoms with Crippen LogP contribution in [0.3, 0.4) is 0 Å². The molecule has 2 aromatic rings. The molecule has 2 atom stereocenters. The fraction of sp³-hybridized carbons (Fsp3) is 0.423. The van der Waals surface area contributed by atoms with Gasteiger partial charge in [-0.05, 0) is 41.5 Å². The van der Waals surface area contributed by atoms with Gasteiger partial charge in [-0.25, -0.2) is 9.59 Å². The van der Waals surface area contributed by atoms with Crippen LogP contribution in [0.1, 0.15) is 43.2 Å². The molecular formula is C26H30N2O6. The van der Waals surface area contributed by atoms with Gasteiger partial charge >= 0.3 is 12.1 Å². The standard InChI is InChI=1S/C26H30N2O6/c1-26(15-29,24(31)32)28-23(30)17(12-16-10-11-16)13-27-25(33)34-14-22-20-8-4-2-6-18(20)19-7-3-5-9-21(19)22/h2-9,16-17,22,29H,10-15H2,1H3,(H,27,33)(H,28,30)(H,31,32). The first kappa shape index (κ1) is 23.8. The minimum atomic E-state index is -1.78. The predicted octanol–water partition coefficient (Wildman–Crippen LogP) is 2.89. The summed E-state index contributed by atoms with van der Waals surface area (Å²) < 4.78 is 5.53. The van der Waals surface area contributed by atoms with Crippen LogP contribution < -0.4 is 10.6 Å². The second-order valence-corrected chi connectivity index (χ2v) is 9.37. The molecule has 2 unspecified atom stereocenters. The smallest absolute Gasteiger partial charge is 0.407 e. The molecule has 8 nitrogen and oxygen atoms in total. The molecule has 0 radical (unpaired) electrons. The molecule has 2 amide bonds. The van der Waals surface area contributed by atoms with Gasteiger partial charge in [0, 0.05) is 12.5 Å². The highest BCUT2D eigenvalue weighted by atomic mass is 16.5. The van der Waals surface area contributed by atoms with Gasteiger partial charge in [-0.15, -0.1) is 0 Å². The minimum absolute atomic E-state index is 0.0279. The Balaban J connectivity index is 1.36. The number of rotatable bonds is 10. The van der Waals surface area contributed by atoms with E-state index in [1.807, 2.05) is 36.4 Å². The molecule has 4 rings (SSSR count). The lowest BCUT2D eigenvalue weighted by molar-refractivity contribution is -0.149. The zero-order chi connectivity index (χ0) is 24.3. The average Bonchev–Trinajstić information content (AvgIpc) is 3.60. The summed E-state index contributed by atoms with van der Waals surface area (Å²) in [4.78, 5) is 36.7. The Morgan fingerprint density at radius 3 is 2.18 bits per heavy atom. The summed E-state index contributed by atoms with van der Waals surface area (Å²) in [7, 11) is 0. The van der Waals surface area contributed by atoms with E-state index in [-0.39, 0.29) is 19.1 Å². The number of amides is 2. The fourth-order valence-corrected chi connectivity index (χ4v) is 4.43. The molecule has 0 aromatic heterocycles. The second kappa shape index (κ2) is 9.85. The lowest BCUT2D eigenvalue weighted by atomic mass is 9.97. The number of aliphatic hydroxyl groups is 1. The van der Waals surface area contributed by atoms with E-state index < -0.39 is 36.0 Å². The van der Waals surface area contributed by atoms with Gasteiger partial charge < -0.3 is 25.6 Å². The second-order valence-electron chi connectivity index (χ2n) is 9.37. The Kier molecular flexibility index (Phi) is 6.88. The zero-order valence-corrected chi connectivity index (χ0v) is 19.1. The molecule has 1 saturated carbocycles. The van der Waals surface area contributed by atoms with E-state index in [1.54, 1.807) is 0 Å². The minimum Gasteiger partial charge on any atom is -0.479 e. The van der Waals surface area contributed by atoms with Crippen molar-refractivity contribution in [3.05, 3.63) is 59.7 Å². The maximum absolute atomic E-state index is 12.8.